The summed E-state index contributed by atoms with van der Waals surface area (Å²) in [5.74, 6) is -1.91. The first kappa shape index (κ1) is 21.1. The van der Waals surface area contributed by atoms with E-state index in [2.05, 4.69) is 10.4 Å². The molecule has 0 fully saturated rings. The lowest BCUT2D eigenvalue weighted by atomic mass is 10.1. The molecule has 0 bridgehead atoms. The van der Waals surface area contributed by atoms with E-state index in [-0.39, 0.29) is 10.7 Å². The molecule has 31 heavy (non-hydrogen) atoms. The Morgan fingerprint density at radius 3 is 2.68 bits per heavy atom. The second-order valence-corrected chi connectivity index (χ2v) is 8.51. The Balaban J connectivity index is 1.45. The number of amides is 2. The number of rotatable bonds is 6. The number of hydrogen-bond acceptors (Lipinski definition) is 6. The minimum atomic E-state index is -0.761. The van der Waals surface area contributed by atoms with Gasteiger partial charge in [0, 0.05) is 4.88 Å². The van der Waals surface area contributed by atoms with Crippen LogP contribution in [0.5, 0.6) is 0 Å². The van der Waals surface area contributed by atoms with Gasteiger partial charge in [-0.3, -0.25) is 9.59 Å². The summed E-state index contributed by atoms with van der Waals surface area (Å²) in [5.41, 5.74) is 7.91. The highest BCUT2D eigenvalue weighted by Crippen LogP contribution is 2.38. The summed E-state index contributed by atoms with van der Waals surface area (Å²) in [7, 11) is 0. The number of primary amides is 1. The van der Waals surface area contributed by atoms with Crippen LogP contribution in [0.25, 0.3) is 5.69 Å². The Morgan fingerprint density at radius 1 is 1.23 bits per heavy atom. The van der Waals surface area contributed by atoms with Crippen molar-refractivity contribution in [3.05, 3.63) is 62.7 Å². The van der Waals surface area contributed by atoms with Crippen molar-refractivity contribution in [2.75, 3.05) is 11.9 Å². The second kappa shape index (κ2) is 8.52. The van der Waals surface area contributed by atoms with Crippen molar-refractivity contribution < 1.29 is 19.1 Å². The molecule has 2 aromatic heterocycles. The zero-order chi connectivity index (χ0) is 22.1. The molecule has 2 heterocycles. The van der Waals surface area contributed by atoms with Crippen LogP contribution in [0, 0.1) is 6.92 Å². The van der Waals surface area contributed by atoms with Gasteiger partial charge >= 0.3 is 5.97 Å². The highest BCUT2D eigenvalue weighted by atomic mass is 35.5. The number of nitrogens with two attached hydrogens (primary N) is 1. The molecule has 0 saturated carbocycles. The van der Waals surface area contributed by atoms with E-state index >= 15 is 0 Å². The van der Waals surface area contributed by atoms with E-state index in [9.17, 15) is 14.4 Å². The van der Waals surface area contributed by atoms with Gasteiger partial charge in [-0.1, -0.05) is 29.8 Å². The first-order valence-electron chi connectivity index (χ1n) is 9.58. The Kier molecular flexibility index (Phi) is 5.79. The molecule has 10 heteroatoms. The van der Waals surface area contributed by atoms with E-state index in [4.69, 9.17) is 22.1 Å². The topological polar surface area (TPSA) is 116 Å². The summed E-state index contributed by atoms with van der Waals surface area (Å²) in [5, 5.41) is 7.42. The third-order valence-corrected chi connectivity index (χ3v) is 6.52. The number of anilines is 1. The van der Waals surface area contributed by atoms with E-state index in [0.717, 1.165) is 29.7 Å². The Bertz CT molecular complexity index is 1190. The van der Waals surface area contributed by atoms with Crippen molar-refractivity contribution >= 4 is 45.7 Å². The molecule has 0 saturated heterocycles. The number of halogens is 1. The predicted octanol–water partition coefficient (Wildman–Crippen LogP) is 3.28. The van der Waals surface area contributed by atoms with E-state index in [1.54, 1.807) is 19.1 Å². The van der Waals surface area contributed by atoms with Gasteiger partial charge in [-0.05, 0) is 43.9 Å². The molecule has 1 aromatic carbocycles. The van der Waals surface area contributed by atoms with Crippen LogP contribution in [0.2, 0.25) is 5.15 Å². The normalized spacial score (nSPS) is 12.5. The first-order chi connectivity index (χ1) is 14.9. The van der Waals surface area contributed by atoms with Crippen molar-refractivity contribution in [1.29, 1.82) is 0 Å². The number of carbonyl (C=O) groups is 3. The smallest absolute Gasteiger partial charge is 0.343 e. The molecule has 2 amide bonds. The van der Waals surface area contributed by atoms with Crippen LogP contribution in [0.4, 0.5) is 5.00 Å². The highest BCUT2D eigenvalue weighted by molar-refractivity contribution is 7.17. The molecule has 1 aliphatic carbocycles. The molecule has 0 radical (unpaired) electrons. The average molecular weight is 459 g/mol. The summed E-state index contributed by atoms with van der Waals surface area (Å²) in [6, 6.07) is 9.11. The summed E-state index contributed by atoms with van der Waals surface area (Å²) in [6.45, 7) is 1.10. The van der Waals surface area contributed by atoms with Crippen LogP contribution in [-0.4, -0.2) is 34.2 Å². The maximum atomic E-state index is 12.6. The maximum absolute atomic E-state index is 12.6. The van der Waals surface area contributed by atoms with E-state index < -0.39 is 24.4 Å². The van der Waals surface area contributed by atoms with Gasteiger partial charge in [-0.15, -0.1) is 11.3 Å². The molecule has 4 rings (SSSR count). The first-order valence-corrected chi connectivity index (χ1v) is 10.8. The number of nitrogens with zero attached hydrogens (tertiary/aromatic N) is 2. The number of benzene rings is 1. The lowest BCUT2D eigenvalue weighted by molar-refractivity contribution is -0.119. The van der Waals surface area contributed by atoms with Gasteiger partial charge in [-0.25, -0.2) is 9.48 Å². The molecule has 3 N–H and O–H groups in total. The van der Waals surface area contributed by atoms with Gasteiger partial charge < -0.3 is 15.8 Å². The fourth-order valence-electron chi connectivity index (χ4n) is 3.59. The number of esters is 1. The number of para-hydroxylation sites is 1. The van der Waals surface area contributed by atoms with Crippen molar-refractivity contribution in [3.63, 3.8) is 0 Å². The number of hydrogen-bond donors (Lipinski definition) is 2. The molecule has 0 aliphatic heterocycles. The number of thiophene rings is 1. The van der Waals surface area contributed by atoms with Crippen LogP contribution in [-0.2, 0) is 22.4 Å². The van der Waals surface area contributed by atoms with Gasteiger partial charge in [-0.2, -0.15) is 5.10 Å². The Morgan fingerprint density at radius 2 is 1.97 bits per heavy atom. The minimum absolute atomic E-state index is 0.0891. The van der Waals surface area contributed by atoms with Crippen LogP contribution in [0.15, 0.2) is 30.3 Å². The fourth-order valence-corrected chi connectivity index (χ4v) is 5.25. The lowest BCUT2D eigenvalue weighted by Crippen LogP contribution is -2.23. The van der Waals surface area contributed by atoms with Crippen LogP contribution in [0.3, 0.4) is 0 Å². The zero-order valence-corrected chi connectivity index (χ0v) is 18.2. The number of aryl methyl sites for hydroxylation is 2. The third-order valence-electron chi connectivity index (χ3n) is 4.96. The van der Waals surface area contributed by atoms with Gasteiger partial charge in [0.05, 0.1) is 16.9 Å². The molecule has 8 nitrogen and oxygen atoms in total. The quantitative estimate of drug-likeness (QED) is 0.550. The summed E-state index contributed by atoms with van der Waals surface area (Å²) in [6.07, 6.45) is 2.58. The van der Waals surface area contributed by atoms with Crippen LogP contribution < -0.4 is 11.1 Å². The van der Waals surface area contributed by atoms with Gasteiger partial charge in [0.25, 0.3) is 11.8 Å². The third kappa shape index (κ3) is 4.06. The molecule has 160 valence electrons. The number of carbonyl (C=O) groups excluding carboxylic acids is 3. The number of fused-ring (bicyclic) bond motifs is 1. The van der Waals surface area contributed by atoms with E-state index in [0.29, 0.717) is 21.9 Å². The van der Waals surface area contributed by atoms with Crippen molar-refractivity contribution in [2.45, 2.75) is 26.2 Å². The lowest BCUT2D eigenvalue weighted by Gasteiger charge is -2.07. The second-order valence-electron chi connectivity index (χ2n) is 7.05. The molecular formula is C21H19ClN4O4S. The minimum Gasteiger partial charge on any atom is -0.452 e. The van der Waals surface area contributed by atoms with E-state index in [1.807, 2.05) is 18.2 Å². The van der Waals surface area contributed by atoms with Gasteiger partial charge in [0.2, 0.25) is 0 Å². The number of ether oxygens (including phenoxy) is 1. The molecular weight excluding hydrogens is 440 g/mol. The zero-order valence-electron chi connectivity index (χ0n) is 16.6. The monoisotopic (exact) mass is 458 g/mol. The molecule has 0 spiro atoms. The summed E-state index contributed by atoms with van der Waals surface area (Å²) < 4.78 is 6.58. The fraction of sp³-hybridized carbons (Fsp3) is 0.238. The predicted molar refractivity (Wildman–Crippen MR) is 117 cm³/mol. The summed E-state index contributed by atoms with van der Waals surface area (Å²) in [4.78, 5) is 37.8. The highest BCUT2D eigenvalue weighted by Gasteiger charge is 2.27. The molecule has 3 aromatic rings. The van der Waals surface area contributed by atoms with Gasteiger partial charge in [0.15, 0.2) is 6.61 Å². The number of nitrogens with one attached hydrogen (secondary N) is 1. The van der Waals surface area contributed by atoms with Crippen molar-refractivity contribution in [2.24, 2.45) is 5.73 Å². The Hall–Kier alpha value is -3.17. The van der Waals surface area contributed by atoms with Crippen LogP contribution in [0.1, 0.15) is 43.3 Å². The van der Waals surface area contributed by atoms with Crippen LogP contribution >= 0.6 is 22.9 Å². The SMILES string of the molecule is Cc1nn(-c2ccccc2)c(Cl)c1C(=O)OCC(=O)Nc1sc2c(c1C(N)=O)CCC2. The van der Waals surface area contributed by atoms with Crippen molar-refractivity contribution in [1.82, 2.24) is 9.78 Å². The standard InChI is InChI=1S/C21H19ClN4O4S/c1-11-16(18(22)26(25-11)12-6-3-2-4-7-12)21(29)30-10-15(27)24-20-17(19(23)28)13-8-5-9-14(13)31-20/h2-4,6-7H,5,8-10H2,1H3,(H2,23,28)(H,24,27). The Labute approximate surface area is 186 Å². The molecule has 0 unspecified atom stereocenters. The molecule has 1 aliphatic rings. The van der Waals surface area contributed by atoms with Gasteiger partial charge in [0.1, 0.15) is 15.7 Å². The van der Waals surface area contributed by atoms with E-state index in [1.165, 1.54) is 16.0 Å². The molecule has 0 atom stereocenters. The maximum Gasteiger partial charge on any atom is 0.343 e. The largest absolute Gasteiger partial charge is 0.452 e. The average Bonchev–Trinajstić information content (AvgIpc) is 3.39. The van der Waals surface area contributed by atoms with Crippen molar-refractivity contribution in [3.8, 4) is 5.69 Å². The summed E-state index contributed by atoms with van der Waals surface area (Å²) >= 11 is 7.69. The number of aromatic nitrogens is 2.